The van der Waals surface area contributed by atoms with Gasteiger partial charge in [-0.2, -0.15) is 4.98 Å². The Hall–Kier alpha value is -1.14. The molecule has 102 valence electrons. The van der Waals surface area contributed by atoms with Crippen molar-refractivity contribution in [2.75, 3.05) is 25.4 Å². The third-order valence-electron chi connectivity index (χ3n) is 3.40. The van der Waals surface area contributed by atoms with E-state index in [1.165, 1.54) is 38.8 Å². The lowest BCUT2D eigenvalue weighted by atomic mass is 10.2. The van der Waals surface area contributed by atoms with Crippen molar-refractivity contribution in [3.63, 3.8) is 0 Å². The summed E-state index contributed by atoms with van der Waals surface area (Å²) in [5.74, 6) is 1.11. The van der Waals surface area contributed by atoms with E-state index in [9.17, 15) is 0 Å². The Morgan fingerprint density at radius 3 is 2.67 bits per heavy atom. The van der Waals surface area contributed by atoms with E-state index >= 15 is 0 Å². The maximum atomic E-state index is 5.46. The maximum absolute atomic E-state index is 5.46. The number of nitrogens with one attached hydrogen (secondary N) is 2. The highest BCUT2D eigenvalue weighted by Gasteiger charge is 2.12. The van der Waals surface area contributed by atoms with E-state index in [-0.39, 0.29) is 0 Å². The van der Waals surface area contributed by atoms with Crippen LogP contribution in [0.25, 0.3) is 0 Å². The summed E-state index contributed by atoms with van der Waals surface area (Å²) >= 11 is 0. The highest BCUT2D eigenvalue weighted by Crippen LogP contribution is 2.09. The van der Waals surface area contributed by atoms with Crippen molar-refractivity contribution in [3.8, 4) is 0 Å². The molecule has 0 amide bonds. The van der Waals surface area contributed by atoms with Crippen LogP contribution in [0.5, 0.6) is 0 Å². The number of aromatic nitrogens is 3. The summed E-state index contributed by atoms with van der Waals surface area (Å²) in [6.07, 6.45) is 5.45. The minimum Gasteiger partial charge on any atom is -0.367 e. The molecule has 1 aromatic heterocycles. The Balaban J connectivity index is 1.69. The first-order valence-corrected chi connectivity index (χ1v) is 6.86. The topological polar surface area (TPSA) is 82.9 Å². The Morgan fingerprint density at radius 1 is 1.33 bits per heavy atom. The number of hydrogen-bond acceptors (Lipinski definition) is 5. The molecule has 0 saturated carbocycles. The Labute approximate surface area is 108 Å². The van der Waals surface area contributed by atoms with Crippen molar-refractivity contribution in [2.24, 2.45) is 0 Å². The van der Waals surface area contributed by atoms with Gasteiger partial charge in [-0.25, -0.2) is 0 Å². The van der Waals surface area contributed by atoms with Crippen LogP contribution in [0.15, 0.2) is 0 Å². The molecule has 1 fully saturated rings. The average molecular weight is 252 g/mol. The number of H-pyrrole nitrogens is 1. The molecule has 6 nitrogen and oxygen atoms in total. The van der Waals surface area contributed by atoms with Gasteiger partial charge in [-0.1, -0.05) is 12.8 Å². The zero-order chi connectivity index (χ0) is 12.8. The zero-order valence-corrected chi connectivity index (χ0v) is 11.2. The standard InChI is InChI=1S/C12H24N6/c1-10(9-18-6-4-2-3-5-7-18)14-8-11-15-12(13)17-16-11/h10,14H,2-9H2,1H3,(H3,13,15,16,17)/t10-/m1/s1. The number of likely N-dealkylation sites (tertiary alicyclic amines) is 1. The summed E-state index contributed by atoms with van der Waals surface area (Å²) < 4.78 is 0. The number of nitrogen functional groups attached to an aromatic ring is 1. The molecule has 1 aromatic rings. The number of anilines is 1. The normalized spacial score (nSPS) is 19.6. The summed E-state index contributed by atoms with van der Waals surface area (Å²) in [6.45, 7) is 6.48. The molecule has 1 saturated heterocycles. The zero-order valence-electron chi connectivity index (χ0n) is 11.2. The van der Waals surface area contributed by atoms with Crippen molar-refractivity contribution >= 4 is 5.95 Å². The van der Waals surface area contributed by atoms with Crippen molar-refractivity contribution < 1.29 is 0 Å². The van der Waals surface area contributed by atoms with Gasteiger partial charge in [0.1, 0.15) is 5.82 Å². The Morgan fingerprint density at radius 2 is 2.06 bits per heavy atom. The first-order chi connectivity index (χ1) is 8.74. The molecule has 2 heterocycles. The van der Waals surface area contributed by atoms with Crippen LogP contribution in [0.4, 0.5) is 5.95 Å². The number of hydrogen-bond donors (Lipinski definition) is 3. The predicted octanol–water partition coefficient (Wildman–Crippen LogP) is 0.741. The van der Waals surface area contributed by atoms with Gasteiger partial charge < -0.3 is 16.0 Å². The van der Waals surface area contributed by atoms with Gasteiger partial charge in [0.25, 0.3) is 0 Å². The Bertz CT molecular complexity index is 342. The minimum atomic E-state index is 0.312. The molecule has 0 radical (unpaired) electrons. The van der Waals surface area contributed by atoms with Crippen LogP contribution in [0, 0.1) is 0 Å². The lowest BCUT2D eigenvalue weighted by molar-refractivity contribution is 0.255. The first kappa shape index (κ1) is 13.3. The number of rotatable bonds is 5. The second-order valence-corrected chi connectivity index (χ2v) is 5.14. The maximum Gasteiger partial charge on any atom is 0.239 e. The van der Waals surface area contributed by atoms with Crippen LogP contribution < -0.4 is 11.1 Å². The average Bonchev–Trinajstić information content (AvgIpc) is 2.60. The summed E-state index contributed by atoms with van der Waals surface area (Å²) in [6, 6.07) is 0.453. The van der Waals surface area contributed by atoms with Gasteiger partial charge in [0.05, 0.1) is 6.54 Å². The van der Waals surface area contributed by atoms with E-state index in [0.717, 1.165) is 12.4 Å². The first-order valence-electron chi connectivity index (χ1n) is 6.86. The fraction of sp³-hybridized carbons (Fsp3) is 0.833. The fourth-order valence-electron chi connectivity index (χ4n) is 2.43. The second kappa shape index (κ2) is 6.70. The molecule has 0 unspecified atom stereocenters. The van der Waals surface area contributed by atoms with Gasteiger partial charge in [0.15, 0.2) is 0 Å². The van der Waals surface area contributed by atoms with Crippen LogP contribution in [0.3, 0.4) is 0 Å². The van der Waals surface area contributed by atoms with Gasteiger partial charge in [-0.05, 0) is 32.9 Å². The molecule has 6 heteroatoms. The largest absolute Gasteiger partial charge is 0.367 e. The molecule has 0 aromatic carbocycles. The van der Waals surface area contributed by atoms with E-state index < -0.39 is 0 Å². The van der Waals surface area contributed by atoms with Crippen molar-refractivity contribution in [2.45, 2.75) is 45.2 Å². The van der Waals surface area contributed by atoms with E-state index in [2.05, 4.69) is 32.3 Å². The summed E-state index contributed by atoms with van der Waals surface area (Å²) in [4.78, 5) is 6.63. The highest BCUT2D eigenvalue weighted by atomic mass is 15.3. The van der Waals surface area contributed by atoms with Crippen LogP contribution in [-0.4, -0.2) is 45.8 Å². The van der Waals surface area contributed by atoms with E-state index in [1.807, 2.05) is 0 Å². The van der Waals surface area contributed by atoms with Crippen LogP contribution >= 0.6 is 0 Å². The molecule has 0 spiro atoms. The molecule has 18 heavy (non-hydrogen) atoms. The molecule has 0 aliphatic carbocycles. The summed E-state index contributed by atoms with van der Waals surface area (Å²) in [5, 5.41) is 10.1. The molecule has 1 aliphatic rings. The quantitative estimate of drug-likeness (QED) is 0.720. The summed E-state index contributed by atoms with van der Waals surface area (Å²) in [7, 11) is 0. The van der Waals surface area contributed by atoms with E-state index in [4.69, 9.17) is 5.73 Å². The fourth-order valence-corrected chi connectivity index (χ4v) is 2.43. The molecular formula is C12H24N6. The van der Waals surface area contributed by atoms with Crippen LogP contribution in [-0.2, 0) is 6.54 Å². The van der Waals surface area contributed by atoms with Gasteiger partial charge >= 0.3 is 0 Å². The van der Waals surface area contributed by atoms with Crippen molar-refractivity contribution in [1.29, 1.82) is 0 Å². The van der Waals surface area contributed by atoms with E-state index in [0.29, 0.717) is 18.5 Å². The van der Waals surface area contributed by atoms with Crippen molar-refractivity contribution in [3.05, 3.63) is 5.82 Å². The monoisotopic (exact) mass is 252 g/mol. The molecule has 0 bridgehead atoms. The minimum absolute atomic E-state index is 0.312. The number of nitrogens with zero attached hydrogens (tertiary/aromatic N) is 3. The van der Waals surface area contributed by atoms with Gasteiger partial charge in [-0.15, -0.1) is 5.10 Å². The van der Waals surface area contributed by atoms with Gasteiger partial charge in [0, 0.05) is 12.6 Å². The van der Waals surface area contributed by atoms with Gasteiger partial charge in [-0.3, -0.25) is 5.10 Å². The van der Waals surface area contributed by atoms with Crippen molar-refractivity contribution in [1.82, 2.24) is 25.4 Å². The Kier molecular flexibility index (Phi) is 4.95. The molecule has 4 N–H and O–H groups in total. The van der Waals surface area contributed by atoms with Crippen LogP contribution in [0.1, 0.15) is 38.4 Å². The highest BCUT2D eigenvalue weighted by molar-refractivity contribution is 5.12. The molecule has 1 aliphatic heterocycles. The second-order valence-electron chi connectivity index (χ2n) is 5.14. The van der Waals surface area contributed by atoms with Crippen LogP contribution in [0.2, 0.25) is 0 Å². The number of aromatic amines is 1. The molecule has 1 atom stereocenters. The lowest BCUT2D eigenvalue weighted by Gasteiger charge is -2.24. The third-order valence-corrected chi connectivity index (χ3v) is 3.40. The summed E-state index contributed by atoms with van der Waals surface area (Å²) in [5.41, 5.74) is 5.46. The SMILES string of the molecule is C[C@H](CN1CCCCCC1)NCc1nc(N)n[nH]1. The smallest absolute Gasteiger partial charge is 0.239 e. The molecule has 2 rings (SSSR count). The van der Waals surface area contributed by atoms with E-state index in [1.54, 1.807) is 0 Å². The lowest BCUT2D eigenvalue weighted by Crippen LogP contribution is -2.39. The van der Waals surface area contributed by atoms with Gasteiger partial charge in [0.2, 0.25) is 5.95 Å². The third kappa shape index (κ3) is 4.27. The molecular weight excluding hydrogens is 228 g/mol. The number of nitrogens with two attached hydrogens (primary N) is 1. The predicted molar refractivity (Wildman–Crippen MR) is 72.0 cm³/mol.